The molecule has 1 heterocycles. The van der Waals surface area contributed by atoms with Crippen LogP contribution in [-0.4, -0.2) is 160 Å². The zero-order valence-corrected chi connectivity index (χ0v) is 26.0. The molecule has 1 unspecified atom stereocenters. The smallest absolute Gasteiger partial charge is 0.317 e. The van der Waals surface area contributed by atoms with E-state index in [1.54, 1.807) is 4.90 Å². The van der Waals surface area contributed by atoms with Crippen molar-refractivity contribution in [3.63, 3.8) is 0 Å². The Bertz CT molecular complexity index is 1170. The molecule has 1 fully saturated rings. The van der Waals surface area contributed by atoms with Crippen molar-refractivity contribution in [2.75, 3.05) is 72.0 Å². The van der Waals surface area contributed by atoms with Crippen molar-refractivity contribution in [3.05, 3.63) is 35.9 Å². The summed E-state index contributed by atoms with van der Waals surface area (Å²) >= 11 is 0. The van der Waals surface area contributed by atoms with Gasteiger partial charge in [0.1, 0.15) is 0 Å². The molecule has 0 bridgehead atoms. The lowest BCUT2D eigenvalue weighted by atomic mass is 9.96. The van der Waals surface area contributed by atoms with Gasteiger partial charge in [0.2, 0.25) is 11.8 Å². The van der Waals surface area contributed by atoms with Crippen LogP contribution in [0, 0.1) is 5.92 Å². The number of carbonyl (C=O) groups excluding carboxylic acids is 3. The monoisotopic (exact) mass is 665 g/mol. The highest BCUT2D eigenvalue weighted by Crippen LogP contribution is 2.17. The number of carboxylic acids is 4. The summed E-state index contributed by atoms with van der Waals surface area (Å²) in [7, 11) is 0. The number of nitrogens with one attached hydrogen (secondary N) is 2. The van der Waals surface area contributed by atoms with E-state index in [1.807, 2.05) is 30.3 Å². The first-order valence-electron chi connectivity index (χ1n) is 14.9. The van der Waals surface area contributed by atoms with Gasteiger partial charge in [0.15, 0.2) is 0 Å². The highest BCUT2D eigenvalue weighted by atomic mass is 16.4. The van der Waals surface area contributed by atoms with E-state index in [1.165, 1.54) is 4.90 Å². The highest BCUT2D eigenvalue weighted by molar-refractivity contribution is 5.86. The van der Waals surface area contributed by atoms with Gasteiger partial charge >= 0.3 is 23.9 Å². The lowest BCUT2D eigenvalue weighted by molar-refractivity contribution is -0.143. The fourth-order valence-electron chi connectivity index (χ4n) is 4.99. The van der Waals surface area contributed by atoms with Gasteiger partial charge in [0, 0.05) is 45.2 Å². The largest absolute Gasteiger partial charge is 0.480 e. The number of hydrazine groups is 1. The van der Waals surface area contributed by atoms with E-state index in [2.05, 4.69) is 10.9 Å². The molecule has 1 atom stereocenters. The first kappa shape index (κ1) is 38.5. The number of carbonyl (C=O) groups is 7. The molecule has 3 amide bonds. The molecule has 18 nitrogen and oxygen atoms in total. The highest BCUT2D eigenvalue weighted by Gasteiger charge is 2.29. The molecule has 260 valence electrons. The molecular weight excluding hydrogens is 622 g/mol. The van der Waals surface area contributed by atoms with Crippen LogP contribution in [0.15, 0.2) is 30.3 Å². The summed E-state index contributed by atoms with van der Waals surface area (Å²) in [4.78, 5) is 88.5. The van der Waals surface area contributed by atoms with Crippen LogP contribution in [-0.2, 0) is 40.0 Å². The van der Waals surface area contributed by atoms with E-state index < -0.39 is 73.8 Å². The van der Waals surface area contributed by atoms with E-state index in [0.29, 0.717) is 12.8 Å². The zero-order chi connectivity index (χ0) is 34.9. The standard InChI is InChI=1S/C29H43N7O11/c30-22(14-20-4-2-1-3-5-20)29(47)32-31-28(46)21-6-8-36(9-7-21)23(37)15-33(10-12-34(16-24(38)39)17-25(40)41)11-13-35(18-26(42)43)19-27(44)45/h1-5,21-22H,6-19,30H2,(H,31,46)(H,32,47)(H,38,39)(H,40,41)(H,42,43)(H,44,45). The Morgan fingerprint density at radius 1 is 0.702 bits per heavy atom. The topological polar surface area (TPSA) is 263 Å². The maximum Gasteiger partial charge on any atom is 0.317 e. The molecule has 2 rings (SSSR count). The second-order valence-electron chi connectivity index (χ2n) is 11.2. The van der Waals surface area contributed by atoms with Gasteiger partial charge in [-0.2, -0.15) is 0 Å². The number of hydrogen-bond acceptors (Lipinski definition) is 11. The van der Waals surface area contributed by atoms with Crippen LogP contribution in [0.2, 0.25) is 0 Å². The Hall–Kier alpha value is -4.65. The molecule has 8 N–H and O–H groups in total. The molecule has 0 radical (unpaired) electrons. The van der Waals surface area contributed by atoms with Gasteiger partial charge in [0.25, 0.3) is 5.91 Å². The van der Waals surface area contributed by atoms with Crippen molar-refractivity contribution in [1.29, 1.82) is 0 Å². The quantitative estimate of drug-likeness (QED) is 0.0693. The summed E-state index contributed by atoms with van der Waals surface area (Å²) in [5, 5.41) is 36.6. The van der Waals surface area contributed by atoms with Gasteiger partial charge in [-0.25, -0.2) is 0 Å². The number of aliphatic carboxylic acids is 4. The number of amides is 3. The third-order valence-electron chi connectivity index (χ3n) is 7.42. The van der Waals surface area contributed by atoms with Crippen molar-refractivity contribution in [2.45, 2.75) is 25.3 Å². The molecule has 1 aromatic carbocycles. The van der Waals surface area contributed by atoms with Crippen molar-refractivity contribution >= 4 is 41.6 Å². The van der Waals surface area contributed by atoms with Gasteiger partial charge in [0.05, 0.1) is 38.8 Å². The van der Waals surface area contributed by atoms with Crippen LogP contribution in [0.4, 0.5) is 0 Å². The Labute approximate surface area is 271 Å². The lowest BCUT2D eigenvalue weighted by Gasteiger charge is -2.34. The SMILES string of the molecule is NC(Cc1ccccc1)C(=O)NNC(=O)C1CCN(C(=O)CN(CCN(CC(=O)O)CC(=O)O)CCN(CC(=O)O)CC(=O)O)CC1. The molecule has 1 aromatic rings. The first-order chi connectivity index (χ1) is 22.2. The second kappa shape index (κ2) is 19.8. The second-order valence-corrected chi connectivity index (χ2v) is 11.2. The normalized spacial score (nSPS) is 14.2. The minimum Gasteiger partial charge on any atom is -0.480 e. The zero-order valence-electron chi connectivity index (χ0n) is 26.0. The number of carboxylic acid groups (broad SMARTS) is 4. The number of piperidine rings is 1. The van der Waals surface area contributed by atoms with Gasteiger partial charge in [-0.1, -0.05) is 30.3 Å². The molecule has 1 aliphatic rings. The molecule has 47 heavy (non-hydrogen) atoms. The predicted molar refractivity (Wildman–Crippen MR) is 164 cm³/mol. The van der Waals surface area contributed by atoms with Gasteiger partial charge in [-0.15, -0.1) is 0 Å². The van der Waals surface area contributed by atoms with Crippen LogP contribution in [0.5, 0.6) is 0 Å². The lowest BCUT2D eigenvalue weighted by Crippen LogP contribution is -2.53. The van der Waals surface area contributed by atoms with E-state index in [-0.39, 0.29) is 58.1 Å². The first-order valence-corrected chi connectivity index (χ1v) is 14.9. The number of nitrogens with two attached hydrogens (primary N) is 1. The Morgan fingerprint density at radius 2 is 1.15 bits per heavy atom. The summed E-state index contributed by atoms with van der Waals surface area (Å²) in [6.45, 7) is -2.04. The number of rotatable bonds is 20. The number of benzene rings is 1. The van der Waals surface area contributed by atoms with Crippen molar-refractivity contribution < 1.29 is 54.0 Å². The van der Waals surface area contributed by atoms with Crippen LogP contribution < -0.4 is 16.6 Å². The van der Waals surface area contributed by atoms with Gasteiger partial charge < -0.3 is 31.1 Å². The molecular formula is C29H43N7O11. The third kappa shape index (κ3) is 15.5. The van der Waals surface area contributed by atoms with Gasteiger partial charge in [-0.05, 0) is 24.8 Å². The van der Waals surface area contributed by atoms with Gasteiger partial charge in [-0.3, -0.25) is 59.1 Å². The van der Waals surface area contributed by atoms with Crippen LogP contribution in [0.25, 0.3) is 0 Å². The number of hydrogen-bond donors (Lipinski definition) is 7. The van der Waals surface area contributed by atoms with E-state index in [9.17, 15) is 33.6 Å². The number of nitrogens with zero attached hydrogens (tertiary/aromatic N) is 4. The fraction of sp³-hybridized carbons (Fsp3) is 0.552. The number of likely N-dealkylation sites (tertiary alicyclic amines) is 1. The van der Waals surface area contributed by atoms with Crippen LogP contribution in [0.3, 0.4) is 0 Å². The minimum absolute atomic E-state index is 0.0330. The maximum absolute atomic E-state index is 13.2. The fourth-order valence-corrected chi connectivity index (χ4v) is 4.99. The van der Waals surface area contributed by atoms with Crippen LogP contribution in [0.1, 0.15) is 18.4 Å². The molecule has 1 aliphatic heterocycles. The molecule has 1 saturated heterocycles. The van der Waals surface area contributed by atoms with E-state index in [0.717, 1.165) is 15.4 Å². The van der Waals surface area contributed by atoms with Crippen molar-refractivity contribution in [3.8, 4) is 0 Å². The third-order valence-corrected chi connectivity index (χ3v) is 7.42. The predicted octanol–water partition coefficient (Wildman–Crippen LogP) is -2.81. The Balaban J connectivity index is 1.94. The van der Waals surface area contributed by atoms with Crippen LogP contribution >= 0.6 is 0 Å². The summed E-state index contributed by atoms with van der Waals surface area (Å²) in [5.41, 5.74) is 11.6. The molecule has 18 heteroatoms. The van der Waals surface area contributed by atoms with E-state index in [4.69, 9.17) is 26.2 Å². The average molecular weight is 666 g/mol. The molecule has 0 spiro atoms. The molecule has 0 saturated carbocycles. The van der Waals surface area contributed by atoms with E-state index >= 15 is 0 Å². The average Bonchev–Trinajstić information content (AvgIpc) is 3.00. The molecule has 0 aliphatic carbocycles. The summed E-state index contributed by atoms with van der Waals surface area (Å²) < 4.78 is 0. The van der Waals surface area contributed by atoms with Crippen molar-refractivity contribution in [2.24, 2.45) is 11.7 Å². The summed E-state index contributed by atoms with van der Waals surface area (Å²) in [6, 6.07) is 8.29. The molecule has 0 aromatic heterocycles. The minimum atomic E-state index is -1.25. The Morgan fingerprint density at radius 3 is 1.60 bits per heavy atom. The van der Waals surface area contributed by atoms with Crippen molar-refractivity contribution in [1.82, 2.24) is 30.5 Å². The summed E-state index contributed by atoms with van der Waals surface area (Å²) in [5.74, 6) is -6.78. The maximum atomic E-state index is 13.2. The Kier molecular flexibility index (Phi) is 16.2. The summed E-state index contributed by atoms with van der Waals surface area (Å²) in [6.07, 6.45) is 0.896.